The van der Waals surface area contributed by atoms with Gasteiger partial charge in [-0.15, -0.1) is 0 Å². The summed E-state index contributed by atoms with van der Waals surface area (Å²) in [5.41, 5.74) is 0. The molecule has 0 saturated carbocycles. The van der Waals surface area contributed by atoms with E-state index >= 15 is 0 Å². The van der Waals surface area contributed by atoms with Crippen LogP contribution < -0.4 is 10.6 Å². The fourth-order valence-corrected chi connectivity index (χ4v) is 4.46. The Labute approximate surface area is 228 Å². The first kappa shape index (κ1) is 34.6. The third-order valence-corrected chi connectivity index (χ3v) is 6.55. The van der Waals surface area contributed by atoms with Gasteiger partial charge in [0.25, 0.3) is 0 Å². The smallest absolute Gasteiger partial charge is 0.217 e. The number of carbonyl (C=O) groups excluding carboxylic acids is 2. The molecular formula is C22H40N2O16. The maximum Gasteiger partial charge on any atom is 0.217 e. The molecule has 0 aliphatic carbocycles. The zero-order chi connectivity index (χ0) is 30.3. The highest BCUT2D eigenvalue weighted by atomic mass is 16.7. The number of aliphatic hydroxyl groups excluding tert-OH is 10. The highest BCUT2D eigenvalue weighted by molar-refractivity contribution is 5.73. The number of hydrogen-bond donors (Lipinski definition) is 12. The molecule has 12 N–H and O–H groups in total. The van der Waals surface area contributed by atoms with Crippen molar-refractivity contribution >= 4 is 11.8 Å². The van der Waals surface area contributed by atoms with Crippen molar-refractivity contribution in [1.29, 1.82) is 0 Å². The molecule has 18 heteroatoms. The quantitative estimate of drug-likeness (QED) is 0.0950. The van der Waals surface area contributed by atoms with Crippen LogP contribution in [-0.2, 0) is 28.5 Å². The van der Waals surface area contributed by atoms with E-state index in [1.165, 1.54) is 0 Å². The first-order chi connectivity index (χ1) is 18.8. The molecule has 234 valence electrons. The molecule has 40 heavy (non-hydrogen) atoms. The number of aliphatic hydroxyl groups is 10. The predicted molar refractivity (Wildman–Crippen MR) is 127 cm³/mol. The average Bonchev–Trinajstić information content (AvgIpc) is 2.92. The molecule has 2 saturated heterocycles. The molecule has 2 rings (SSSR count). The minimum absolute atomic E-state index is 0.672. The highest BCUT2D eigenvalue weighted by Crippen LogP contribution is 2.31. The Morgan fingerprint density at radius 1 is 0.800 bits per heavy atom. The SMILES string of the molecule is CC(=O)N[C@H]1[C@H](O[C@@H]([C@@H](O)[C@H](O)CO)[C@H](CO)NC(C)=O)O[C@H](CO)[C@@H](O)[C@@H]1O[C@@H]1O[C@H](CO)[C@H](O)[C@H](O)[C@H]1O. The second kappa shape index (κ2) is 15.6. The van der Waals surface area contributed by atoms with Crippen molar-refractivity contribution in [3.63, 3.8) is 0 Å². The Morgan fingerprint density at radius 3 is 1.88 bits per heavy atom. The molecule has 18 nitrogen and oxygen atoms in total. The van der Waals surface area contributed by atoms with Gasteiger partial charge >= 0.3 is 0 Å². The minimum Gasteiger partial charge on any atom is -0.394 e. The van der Waals surface area contributed by atoms with Crippen LogP contribution in [0.25, 0.3) is 0 Å². The van der Waals surface area contributed by atoms with Gasteiger partial charge in [-0.3, -0.25) is 9.59 Å². The van der Waals surface area contributed by atoms with Gasteiger partial charge in [0, 0.05) is 13.8 Å². The highest BCUT2D eigenvalue weighted by Gasteiger charge is 2.52. The van der Waals surface area contributed by atoms with E-state index in [0.717, 1.165) is 13.8 Å². The normalized spacial score (nSPS) is 37.7. The summed E-state index contributed by atoms with van der Waals surface area (Å²) in [5, 5.41) is 105. The van der Waals surface area contributed by atoms with Crippen molar-refractivity contribution in [2.45, 2.75) is 99.6 Å². The van der Waals surface area contributed by atoms with E-state index in [9.17, 15) is 60.7 Å². The van der Waals surface area contributed by atoms with Crippen LogP contribution in [0.4, 0.5) is 0 Å². The van der Waals surface area contributed by atoms with Crippen molar-refractivity contribution in [3.05, 3.63) is 0 Å². The van der Waals surface area contributed by atoms with Gasteiger partial charge in [-0.2, -0.15) is 0 Å². The first-order valence-electron chi connectivity index (χ1n) is 12.5. The third-order valence-electron chi connectivity index (χ3n) is 6.55. The lowest BCUT2D eigenvalue weighted by molar-refractivity contribution is -0.350. The fraction of sp³-hybridized carbons (Fsp3) is 0.909. The number of amides is 2. The van der Waals surface area contributed by atoms with Crippen LogP contribution in [-0.4, -0.2) is 175 Å². The van der Waals surface area contributed by atoms with Crippen molar-refractivity contribution < 1.29 is 79.6 Å². The molecule has 2 aliphatic rings. The number of hydrogen-bond acceptors (Lipinski definition) is 16. The minimum atomic E-state index is -1.96. The maximum atomic E-state index is 12.1. The van der Waals surface area contributed by atoms with Gasteiger partial charge in [-0.1, -0.05) is 0 Å². The molecule has 0 bridgehead atoms. The first-order valence-corrected chi connectivity index (χ1v) is 12.5. The van der Waals surface area contributed by atoms with Crippen LogP contribution in [0.15, 0.2) is 0 Å². The molecule has 2 heterocycles. The van der Waals surface area contributed by atoms with Crippen LogP contribution in [0, 0.1) is 0 Å². The summed E-state index contributed by atoms with van der Waals surface area (Å²) in [6, 6.07) is -2.94. The summed E-state index contributed by atoms with van der Waals surface area (Å²) in [6.07, 6.45) is -20.9. The van der Waals surface area contributed by atoms with Crippen LogP contribution >= 0.6 is 0 Å². The summed E-state index contributed by atoms with van der Waals surface area (Å²) in [5.74, 6) is -1.40. The molecule has 2 fully saturated rings. The Bertz CT molecular complexity index is 807. The summed E-state index contributed by atoms with van der Waals surface area (Å²) in [6.45, 7) is -1.28. The van der Waals surface area contributed by atoms with Crippen LogP contribution in [0.2, 0.25) is 0 Å². The van der Waals surface area contributed by atoms with E-state index < -0.39 is 124 Å². The lowest BCUT2D eigenvalue weighted by Crippen LogP contribution is -2.69. The van der Waals surface area contributed by atoms with Crippen molar-refractivity contribution in [3.8, 4) is 0 Å². The van der Waals surface area contributed by atoms with Gasteiger partial charge in [0.1, 0.15) is 67.1 Å². The molecule has 0 radical (unpaired) electrons. The van der Waals surface area contributed by atoms with E-state index in [2.05, 4.69) is 10.6 Å². The van der Waals surface area contributed by atoms with E-state index in [4.69, 9.17) is 18.9 Å². The number of rotatable bonds is 13. The van der Waals surface area contributed by atoms with Gasteiger partial charge in [-0.05, 0) is 0 Å². The van der Waals surface area contributed by atoms with Crippen molar-refractivity contribution in [1.82, 2.24) is 10.6 Å². The topological polar surface area (TPSA) is 297 Å². The second-order valence-electron chi connectivity index (χ2n) is 9.57. The Balaban J connectivity index is 2.47. The van der Waals surface area contributed by atoms with Crippen LogP contribution in [0.1, 0.15) is 13.8 Å². The molecular weight excluding hydrogens is 548 g/mol. The number of nitrogens with one attached hydrogen (secondary N) is 2. The predicted octanol–water partition coefficient (Wildman–Crippen LogP) is -7.65. The Morgan fingerprint density at radius 2 is 1.38 bits per heavy atom. The van der Waals surface area contributed by atoms with E-state index in [0.29, 0.717) is 0 Å². The summed E-state index contributed by atoms with van der Waals surface area (Å²) in [4.78, 5) is 23.8. The van der Waals surface area contributed by atoms with Crippen LogP contribution in [0.3, 0.4) is 0 Å². The van der Waals surface area contributed by atoms with Crippen molar-refractivity contribution in [2.24, 2.45) is 0 Å². The van der Waals surface area contributed by atoms with E-state index in [1.54, 1.807) is 0 Å². The molecule has 0 aromatic rings. The largest absolute Gasteiger partial charge is 0.394 e. The fourth-order valence-electron chi connectivity index (χ4n) is 4.46. The van der Waals surface area contributed by atoms with Crippen LogP contribution in [0.5, 0.6) is 0 Å². The number of ether oxygens (including phenoxy) is 4. The lowest BCUT2D eigenvalue weighted by atomic mass is 9.94. The number of carbonyl (C=O) groups is 2. The van der Waals surface area contributed by atoms with Gasteiger partial charge in [-0.25, -0.2) is 0 Å². The van der Waals surface area contributed by atoms with E-state index in [1.807, 2.05) is 0 Å². The maximum absolute atomic E-state index is 12.1. The molecule has 0 aromatic carbocycles. The standard InChI is InChI=1S/C22H40N2O16/c1-7(29)23-9(3-25)19(14(32)10(31)4-26)39-21-13(24-8(2)30)20(16(34)12(6-28)37-21)40-22-18(36)17(35)15(33)11(5-27)38-22/h9-22,25-28,31-36H,3-6H2,1-2H3,(H,23,29)(H,24,30)/t9-,10+,11+,12+,13+,14-,15-,16+,17-,18+,19+,20+,21-,22-/m0/s1. The van der Waals surface area contributed by atoms with Crippen molar-refractivity contribution in [2.75, 3.05) is 26.4 Å². The summed E-state index contributed by atoms with van der Waals surface area (Å²) < 4.78 is 22.4. The Kier molecular flexibility index (Phi) is 13.5. The lowest BCUT2D eigenvalue weighted by Gasteiger charge is -2.48. The summed E-state index contributed by atoms with van der Waals surface area (Å²) in [7, 11) is 0. The average molecular weight is 589 g/mol. The second-order valence-corrected chi connectivity index (χ2v) is 9.57. The molecule has 0 aromatic heterocycles. The zero-order valence-corrected chi connectivity index (χ0v) is 21.8. The molecule has 2 amide bonds. The Hall–Kier alpha value is -1.62. The molecule has 0 spiro atoms. The molecule has 2 aliphatic heterocycles. The molecule has 14 atom stereocenters. The monoisotopic (exact) mass is 588 g/mol. The zero-order valence-electron chi connectivity index (χ0n) is 21.8. The van der Waals surface area contributed by atoms with Gasteiger partial charge in [0.2, 0.25) is 11.8 Å². The van der Waals surface area contributed by atoms with Gasteiger partial charge < -0.3 is 80.6 Å². The van der Waals surface area contributed by atoms with Gasteiger partial charge in [0.05, 0.1) is 32.5 Å². The van der Waals surface area contributed by atoms with E-state index in [-0.39, 0.29) is 0 Å². The summed E-state index contributed by atoms with van der Waals surface area (Å²) >= 11 is 0. The third kappa shape index (κ3) is 8.23. The van der Waals surface area contributed by atoms with Gasteiger partial charge in [0.15, 0.2) is 12.6 Å². The molecule has 0 unspecified atom stereocenters.